The van der Waals surface area contributed by atoms with E-state index in [1.807, 2.05) is 13.8 Å². The number of carbonyl (C=O) groups excluding carboxylic acids is 1. The van der Waals surface area contributed by atoms with E-state index >= 15 is 0 Å². The molecule has 1 rings (SSSR count). The van der Waals surface area contributed by atoms with Gasteiger partial charge in [0, 0.05) is 20.6 Å². The number of H-pyrrole nitrogens is 1. The van der Waals surface area contributed by atoms with Crippen LogP contribution in [0.5, 0.6) is 0 Å². The summed E-state index contributed by atoms with van der Waals surface area (Å²) in [6.45, 7) is 4.22. The van der Waals surface area contributed by atoms with Crippen LogP contribution < -0.4 is 0 Å². The molecule has 17 heavy (non-hydrogen) atoms. The van der Waals surface area contributed by atoms with Crippen LogP contribution >= 0.6 is 0 Å². The fourth-order valence-corrected chi connectivity index (χ4v) is 1.40. The number of aromatic amines is 1. The van der Waals surface area contributed by atoms with Crippen molar-refractivity contribution in [2.45, 2.75) is 39.3 Å². The van der Waals surface area contributed by atoms with Crippen molar-refractivity contribution in [3.05, 3.63) is 11.6 Å². The SMILES string of the molecule is COC(C)CCC(=O)N(C)Cc1n[nH]c(C)n1. The summed E-state index contributed by atoms with van der Waals surface area (Å²) in [5.74, 6) is 1.48. The molecule has 0 spiro atoms. The summed E-state index contributed by atoms with van der Waals surface area (Å²) in [5.41, 5.74) is 0. The molecule has 0 saturated heterocycles. The number of amides is 1. The summed E-state index contributed by atoms with van der Waals surface area (Å²) in [6, 6.07) is 0. The third kappa shape index (κ3) is 4.52. The van der Waals surface area contributed by atoms with Gasteiger partial charge in [-0.1, -0.05) is 0 Å². The van der Waals surface area contributed by atoms with Crippen molar-refractivity contribution in [2.75, 3.05) is 14.2 Å². The molecule has 6 heteroatoms. The Morgan fingerprint density at radius 1 is 1.59 bits per heavy atom. The number of rotatable bonds is 6. The van der Waals surface area contributed by atoms with E-state index in [4.69, 9.17) is 4.74 Å². The Morgan fingerprint density at radius 3 is 2.82 bits per heavy atom. The van der Waals surface area contributed by atoms with E-state index in [0.717, 1.165) is 12.2 Å². The van der Waals surface area contributed by atoms with Gasteiger partial charge >= 0.3 is 0 Å². The zero-order valence-electron chi connectivity index (χ0n) is 10.9. The summed E-state index contributed by atoms with van der Waals surface area (Å²) in [7, 11) is 3.40. The third-order valence-electron chi connectivity index (χ3n) is 2.61. The molecule has 1 N–H and O–H groups in total. The van der Waals surface area contributed by atoms with Crippen molar-refractivity contribution >= 4 is 5.91 Å². The summed E-state index contributed by atoms with van der Waals surface area (Å²) in [4.78, 5) is 17.6. The molecule has 0 bridgehead atoms. The molecule has 0 aliphatic heterocycles. The maximum absolute atomic E-state index is 11.8. The number of aryl methyl sites for hydroxylation is 1. The largest absolute Gasteiger partial charge is 0.382 e. The summed E-state index contributed by atoms with van der Waals surface area (Å²) < 4.78 is 5.10. The molecule has 0 aliphatic rings. The lowest BCUT2D eigenvalue weighted by atomic mass is 10.2. The highest BCUT2D eigenvalue weighted by Crippen LogP contribution is 2.05. The van der Waals surface area contributed by atoms with Gasteiger partial charge in [0.15, 0.2) is 5.82 Å². The van der Waals surface area contributed by atoms with Crippen LogP contribution in [0.4, 0.5) is 0 Å². The Morgan fingerprint density at radius 2 is 2.29 bits per heavy atom. The van der Waals surface area contributed by atoms with Gasteiger partial charge in [0.2, 0.25) is 5.91 Å². The summed E-state index contributed by atoms with van der Waals surface area (Å²) in [5, 5.41) is 6.75. The molecule has 0 fully saturated rings. The molecule has 6 nitrogen and oxygen atoms in total. The van der Waals surface area contributed by atoms with Crippen LogP contribution in [0.3, 0.4) is 0 Å². The van der Waals surface area contributed by atoms with Crippen LogP contribution in [0.2, 0.25) is 0 Å². The monoisotopic (exact) mass is 240 g/mol. The minimum absolute atomic E-state index is 0.0800. The number of hydrogen-bond acceptors (Lipinski definition) is 4. The Labute approximate surface area is 101 Å². The quantitative estimate of drug-likeness (QED) is 0.801. The van der Waals surface area contributed by atoms with Gasteiger partial charge in [-0.3, -0.25) is 9.89 Å². The molecule has 0 aromatic carbocycles. The summed E-state index contributed by atoms with van der Waals surface area (Å²) in [6.07, 6.45) is 1.32. The van der Waals surface area contributed by atoms with Crippen LogP contribution in [0.25, 0.3) is 0 Å². The van der Waals surface area contributed by atoms with E-state index in [2.05, 4.69) is 15.2 Å². The van der Waals surface area contributed by atoms with Crippen LogP contribution in [0, 0.1) is 6.92 Å². The smallest absolute Gasteiger partial charge is 0.222 e. The number of aromatic nitrogens is 3. The number of nitrogens with zero attached hydrogens (tertiary/aromatic N) is 3. The Kier molecular flexibility index (Phi) is 5.09. The highest BCUT2D eigenvalue weighted by molar-refractivity contribution is 5.75. The molecule has 0 radical (unpaired) electrons. The first-order chi connectivity index (χ1) is 8.02. The summed E-state index contributed by atoms with van der Waals surface area (Å²) >= 11 is 0. The lowest BCUT2D eigenvalue weighted by molar-refractivity contribution is -0.131. The second-order valence-electron chi connectivity index (χ2n) is 4.17. The molecular weight excluding hydrogens is 220 g/mol. The van der Waals surface area contributed by atoms with E-state index < -0.39 is 0 Å². The van der Waals surface area contributed by atoms with Gasteiger partial charge in [-0.2, -0.15) is 5.10 Å². The van der Waals surface area contributed by atoms with E-state index in [0.29, 0.717) is 18.8 Å². The molecular formula is C11H20N4O2. The van der Waals surface area contributed by atoms with Gasteiger partial charge < -0.3 is 9.64 Å². The molecule has 0 aliphatic carbocycles. The van der Waals surface area contributed by atoms with Crippen molar-refractivity contribution in [2.24, 2.45) is 0 Å². The maximum Gasteiger partial charge on any atom is 0.222 e. The number of hydrogen-bond donors (Lipinski definition) is 1. The number of carbonyl (C=O) groups is 1. The standard InChI is InChI=1S/C11H20N4O2/c1-8(17-4)5-6-11(16)15(3)7-10-12-9(2)13-14-10/h8H,5-7H2,1-4H3,(H,12,13,14). The van der Waals surface area contributed by atoms with Gasteiger partial charge in [0.05, 0.1) is 12.6 Å². The average molecular weight is 240 g/mol. The normalized spacial score (nSPS) is 12.5. The van der Waals surface area contributed by atoms with E-state index in [-0.39, 0.29) is 12.0 Å². The van der Waals surface area contributed by atoms with Crippen molar-refractivity contribution in [3.8, 4) is 0 Å². The first-order valence-corrected chi connectivity index (χ1v) is 5.67. The second kappa shape index (κ2) is 6.34. The fraction of sp³-hybridized carbons (Fsp3) is 0.727. The van der Waals surface area contributed by atoms with Crippen LogP contribution in [0.1, 0.15) is 31.4 Å². The van der Waals surface area contributed by atoms with Crippen LogP contribution in [0.15, 0.2) is 0 Å². The maximum atomic E-state index is 11.8. The van der Waals surface area contributed by atoms with E-state index in [1.165, 1.54) is 0 Å². The molecule has 1 heterocycles. The first-order valence-electron chi connectivity index (χ1n) is 5.67. The topological polar surface area (TPSA) is 71.1 Å². The minimum Gasteiger partial charge on any atom is -0.382 e. The molecule has 1 aromatic heterocycles. The van der Waals surface area contributed by atoms with Gasteiger partial charge in [0.25, 0.3) is 0 Å². The lowest BCUT2D eigenvalue weighted by Crippen LogP contribution is -2.27. The van der Waals surface area contributed by atoms with E-state index in [1.54, 1.807) is 19.1 Å². The van der Waals surface area contributed by atoms with Crippen LogP contribution in [-0.2, 0) is 16.1 Å². The lowest BCUT2D eigenvalue weighted by Gasteiger charge is -2.16. The zero-order chi connectivity index (χ0) is 12.8. The number of ether oxygens (including phenoxy) is 1. The second-order valence-corrected chi connectivity index (χ2v) is 4.17. The molecule has 1 amide bonds. The third-order valence-corrected chi connectivity index (χ3v) is 2.61. The van der Waals surface area contributed by atoms with Crippen molar-refractivity contribution < 1.29 is 9.53 Å². The molecule has 1 aromatic rings. The number of methoxy groups -OCH3 is 1. The molecule has 96 valence electrons. The Bertz CT molecular complexity index is 364. The Balaban J connectivity index is 2.36. The van der Waals surface area contributed by atoms with E-state index in [9.17, 15) is 4.79 Å². The number of nitrogens with one attached hydrogen (secondary N) is 1. The van der Waals surface area contributed by atoms with Crippen molar-refractivity contribution in [1.82, 2.24) is 20.1 Å². The highest BCUT2D eigenvalue weighted by Gasteiger charge is 2.12. The first kappa shape index (κ1) is 13.6. The van der Waals surface area contributed by atoms with Gasteiger partial charge in [-0.15, -0.1) is 0 Å². The molecule has 0 saturated carbocycles. The van der Waals surface area contributed by atoms with Gasteiger partial charge in [-0.25, -0.2) is 4.98 Å². The van der Waals surface area contributed by atoms with Gasteiger partial charge in [0.1, 0.15) is 5.82 Å². The van der Waals surface area contributed by atoms with Gasteiger partial charge in [-0.05, 0) is 20.3 Å². The van der Waals surface area contributed by atoms with Crippen molar-refractivity contribution in [3.63, 3.8) is 0 Å². The van der Waals surface area contributed by atoms with Crippen LogP contribution in [-0.4, -0.2) is 46.2 Å². The Hall–Kier alpha value is -1.43. The molecule has 1 unspecified atom stereocenters. The molecule has 1 atom stereocenters. The fourth-order valence-electron chi connectivity index (χ4n) is 1.40. The zero-order valence-corrected chi connectivity index (χ0v) is 10.9. The average Bonchev–Trinajstić information content (AvgIpc) is 2.70. The van der Waals surface area contributed by atoms with Crippen molar-refractivity contribution in [1.29, 1.82) is 0 Å². The predicted molar refractivity (Wildman–Crippen MR) is 63.3 cm³/mol. The predicted octanol–water partition coefficient (Wildman–Crippen LogP) is 0.887. The minimum atomic E-state index is 0.0800. The highest BCUT2D eigenvalue weighted by atomic mass is 16.5.